The Labute approximate surface area is 113 Å². The van der Waals surface area contributed by atoms with E-state index in [2.05, 4.69) is 10.6 Å². The number of alkyl halides is 1. The van der Waals surface area contributed by atoms with Gasteiger partial charge in [0.2, 0.25) is 17.7 Å². The Morgan fingerprint density at radius 2 is 2.16 bits per heavy atom. The first-order valence-corrected chi connectivity index (χ1v) is 6.10. The minimum Gasteiger partial charge on any atom is -0.289 e. The molecule has 19 heavy (non-hydrogen) atoms. The lowest BCUT2D eigenvalue weighted by molar-refractivity contribution is -0.760. The van der Waals surface area contributed by atoms with E-state index in [1.807, 2.05) is 0 Å². The summed E-state index contributed by atoms with van der Waals surface area (Å²) in [6.45, 7) is 1.75. The molecule has 0 saturated heterocycles. The number of rotatable bonds is 4. The molecule has 1 N–H and O–H groups in total. The van der Waals surface area contributed by atoms with Crippen molar-refractivity contribution >= 4 is 23.4 Å². The molecule has 0 bridgehead atoms. The van der Waals surface area contributed by atoms with Crippen LogP contribution in [0, 0.1) is 5.82 Å². The van der Waals surface area contributed by atoms with Crippen LogP contribution in [-0.4, -0.2) is 11.2 Å². The summed E-state index contributed by atoms with van der Waals surface area (Å²) in [5, 5.41) is 6.31. The first-order valence-electron chi connectivity index (χ1n) is 5.57. The maximum absolute atomic E-state index is 12.8. The number of aromatic nitrogens is 2. The van der Waals surface area contributed by atoms with E-state index in [9.17, 15) is 9.18 Å². The highest BCUT2D eigenvalue weighted by Crippen LogP contribution is 2.13. The Balaban J connectivity index is 2.22. The second-order valence-electron chi connectivity index (χ2n) is 3.95. The SMILES string of the molecule is CC(=O)Nc1on[n+](Cc2ccc(F)cc2)c1CCl. The molecular weight excluding hydrogens is 273 g/mol. The molecule has 2 aromatic rings. The summed E-state index contributed by atoms with van der Waals surface area (Å²) >= 11 is 5.82. The topological polar surface area (TPSA) is 59.0 Å². The molecule has 5 nitrogen and oxygen atoms in total. The van der Waals surface area contributed by atoms with E-state index in [0.717, 1.165) is 5.56 Å². The standard InChI is InChI=1S/C12H11ClFN3O2/c1-8(18)15-12-11(6-13)17(16-19-12)7-9-2-4-10(14)5-3-9/h2-5H,6-7H2,1H3/p+1. The van der Waals surface area contributed by atoms with Gasteiger partial charge in [0.05, 0.1) is 0 Å². The second kappa shape index (κ2) is 5.79. The summed E-state index contributed by atoms with van der Waals surface area (Å²) in [6, 6.07) is 6.02. The Morgan fingerprint density at radius 3 is 2.74 bits per heavy atom. The third-order valence-corrected chi connectivity index (χ3v) is 2.72. The van der Waals surface area contributed by atoms with Crippen LogP contribution in [0.25, 0.3) is 0 Å². The fourth-order valence-corrected chi connectivity index (χ4v) is 1.84. The van der Waals surface area contributed by atoms with Gasteiger partial charge in [0.15, 0.2) is 0 Å². The van der Waals surface area contributed by atoms with Crippen LogP contribution in [0.3, 0.4) is 0 Å². The third-order valence-electron chi connectivity index (χ3n) is 2.47. The molecule has 0 aliphatic heterocycles. The van der Waals surface area contributed by atoms with Crippen LogP contribution in [0.4, 0.5) is 10.3 Å². The van der Waals surface area contributed by atoms with Crippen LogP contribution < -0.4 is 10.00 Å². The number of benzene rings is 1. The molecule has 1 aromatic carbocycles. The van der Waals surface area contributed by atoms with Crippen LogP contribution in [0.2, 0.25) is 0 Å². The number of halogens is 2. The van der Waals surface area contributed by atoms with Gasteiger partial charge < -0.3 is 0 Å². The average molecular weight is 285 g/mol. The van der Waals surface area contributed by atoms with Crippen LogP contribution in [0.5, 0.6) is 0 Å². The summed E-state index contributed by atoms with van der Waals surface area (Å²) in [7, 11) is 0. The van der Waals surface area contributed by atoms with Gasteiger partial charge in [0.1, 0.15) is 11.7 Å². The first kappa shape index (κ1) is 13.5. The highest BCUT2D eigenvalue weighted by atomic mass is 35.5. The lowest BCUT2D eigenvalue weighted by atomic mass is 10.2. The molecule has 0 radical (unpaired) electrons. The van der Waals surface area contributed by atoms with Gasteiger partial charge in [-0.1, -0.05) is 0 Å². The highest BCUT2D eigenvalue weighted by Gasteiger charge is 2.24. The number of carbonyl (C=O) groups excluding carboxylic acids is 1. The Hall–Kier alpha value is -1.95. The molecule has 2 rings (SSSR count). The molecular formula is C12H12ClFN3O2+. The monoisotopic (exact) mass is 284 g/mol. The van der Waals surface area contributed by atoms with Gasteiger partial charge in [-0.15, -0.1) is 11.6 Å². The molecule has 1 amide bonds. The van der Waals surface area contributed by atoms with E-state index in [-0.39, 0.29) is 23.5 Å². The molecule has 1 heterocycles. The van der Waals surface area contributed by atoms with E-state index >= 15 is 0 Å². The van der Waals surface area contributed by atoms with Crippen LogP contribution in [0.1, 0.15) is 18.2 Å². The Kier molecular flexibility index (Phi) is 4.11. The van der Waals surface area contributed by atoms with E-state index < -0.39 is 0 Å². The normalized spacial score (nSPS) is 10.5. The maximum atomic E-state index is 12.8. The maximum Gasteiger partial charge on any atom is 0.306 e. The second-order valence-corrected chi connectivity index (χ2v) is 4.21. The molecule has 0 aliphatic rings. The number of hydrogen-bond acceptors (Lipinski definition) is 3. The van der Waals surface area contributed by atoms with Gasteiger partial charge in [-0.2, -0.15) is 0 Å². The molecule has 0 aliphatic carbocycles. The van der Waals surface area contributed by atoms with Crippen LogP contribution >= 0.6 is 11.6 Å². The smallest absolute Gasteiger partial charge is 0.289 e. The highest BCUT2D eigenvalue weighted by molar-refractivity contribution is 6.17. The molecule has 0 unspecified atom stereocenters. The quantitative estimate of drug-likeness (QED) is 0.688. The molecule has 100 valence electrons. The predicted octanol–water partition coefficient (Wildman–Crippen LogP) is 1.85. The number of nitrogens with zero attached hydrogens (tertiary/aromatic N) is 2. The van der Waals surface area contributed by atoms with Crippen molar-refractivity contribution < 1.29 is 18.4 Å². The predicted molar refractivity (Wildman–Crippen MR) is 66.1 cm³/mol. The minimum absolute atomic E-state index is 0.139. The zero-order valence-electron chi connectivity index (χ0n) is 10.2. The Bertz CT molecular complexity index is 583. The minimum atomic E-state index is -0.301. The summed E-state index contributed by atoms with van der Waals surface area (Å²) in [6.07, 6.45) is 0. The average Bonchev–Trinajstić information content (AvgIpc) is 2.73. The van der Waals surface area contributed by atoms with Crippen molar-refractivity contribution in [1.82, 2.24) is 5.27 Å². The number of carbonyl (C=O) groups is 1. The number of nitrogens with one attached hydrogen (secondary N) is 1. The first-order chi connectivity index (χ1) is 9.10. The number of anilines is 1. The molecule has 0 atom stereocenters. The van der Waals surface area contributed by atoms with Gasteiger partial charge in [0.25, 0.3) is 5.69 Å². The zero-order valence-corrected chi connectivity index (χ0v) is 10.9. The molecule has 0 spiro atoms. The van der Waals surface area contributed by atoms with E-state index in [1.165, 1.54) is 23.7 Å². The molecule has 7 heteroatoms. The van der Waals surface area contributed by atoms with Gasteiger partial charge in [-0.05, 0) is 28.9 Å². The summed E-state index contributed by atoms with van der Waals surface area (Å²) < 4.78 is 19.3. The van der Waals surface area contributed by atoms with Crippen molar-refractivity contribution in [3.63, 3.8) is 0 Å². The van der Waals surface area contributed by atoms with Crippen molar-refractivity contribution in [2.24, 2.45) is 0 Å². The lowest BCUT2D eigenvalue weighted by Crippen LogP contribution is -2.39. The zero-order chi connectivity index (χ0) is 13.8. The van der Waals surface area contributed by atoms with Crippen molar-refractivity contribution in [2.75, 3.05) is 5.32 Å². The number of amides is 1. The van der Waals surface area contributed by atoms with Crippen LogP contribution in [-0.2, 0) is 17.2 Å². The fourth-order valence-electron chi connectivity index (χ4n) is 1.58. The van der Waals surface area contributed by atoms with E-state index in [0.29, 0.717) is 12.2 Å². The summed E-state index contributed by atoms with van der Waals surface area (Å²) in [4.78, 5) is 11.0. The Morgan fingerprint density at radius 1 is 1.47 bits per heavy atom. The van der Waals surface area contributed by atoms with Crippen molar-refractivity contribution in [2.45, 2.75) is 19.3 Å². The lowest BCUT2D eigenvalue weighted by Gasteiger charge is -1.95. The summed E-state index contributed by atoms with van der Waals surface area (Å²) in [5.41, 5.74) is 1.40. The van der Waals surface area contributed by atoms with Gasteiger partial charge in [-0.3, -0.25) is 14.6 Å². The fraction of sp³-hybridized carbons (Fsp3) is 0.250. The molecule has 1 aromatic heterocycles. The van der Waals surface area contributed by atoms with Gasteiger partial charge >= 0.3 is 5.88 Å². The molecule has 0 saturated carbocycles. The molecule has 0 fully saturated rings. The van der Waals surface area contributed by atoms with Gasteiger partial charge in [-0.25, -0.2) is 4.39 Å². The largest absolute Gasteiger partial charge is 0.306 e. The van der Waals surface area contributed by atoms with Crippen molar-refractivity contribution in [1.29, 1.82) is 0 Å². The summed E-state index contributed by atoms with van der Waals surface area (Å²) in [5.74, 6) is -0.202. The van der Waals surface area contributed by atoms with Gasteiger partial charge in [0, 0.05) is 12.5 Å². The van der Waals surface area contributed by atoms with Crippen LogP contribution in [0.15, 0.2) is 28.8 Å². The van der Waals surface area contributed by atoms with E-state index in [1.54, 1.807) is 12.1 Å². The van der Waals surface area contributed by atoms with E-state index in [4.69, 9.17) is 16.1 Å². The van der Waals surface area contributed by atoms with Crippen molar-refractivity contribution in [3.05, 3.63) is 41.3 Å². The number of hydrogen-bond donors (Lipinski definition) is 1. The van der Waals surface area contributed by atoms with Crippen molar-refractivity contribution in [3.8, 4) is 0 Å². The third kappa shape index (κ3) is 3.29.